The molecule has 1 N–H and O–H groups in total. The number of rotatable bonds is 1. The average Bonchev–Trinajstić information content (AvgIpc) is 2.52. The Balaban J connectivity index is 0.000000845. The number of nitrogens with one attached hydrogen (secondary N) is 1. The van der Waals surface area contributed by atoms with Gasteiger partial charge in [0.2, 0.25) is 0 Å². The molecule has 13 heavy (non-hydrogen) atoms. The first-order valence-corrected chi connectivity index (χ1v) is 3.87. The summed E-state index contributed by atoms with van der Waals surface area (Å²) in [5, 5.41) is 3.08. The van der Waals surface area contributed by atoms with Crippen molar-refractivity contribution in [3.63, 3.8) is 0 Å². The van der Waals surface area contributed by atoms with Crippen LogP contribution in [0.2, 0.25) is 0 Å². The molecular weight excluding hydrogens is 193 g/mol. The van der Waals surface area contributed by atoms with Crippen LogP contribution in [0.25, 0.3) is 0 Å². The van der Waals surface area contributed by atoms with E-state index in [4.69, 9.17) is 4.74 Å². The van der Waals surface area contributed by atoms with Crippen LogP contribution in [0.3, 0.4) is 0 Å². The lowest BCUT2D eigenvalue weighted by atomic mass is 10.1. The Morgan fingerprint density at radius 2 is 2.15 bits per heavy atom. The molecule has 1 aromatic carbocycles. The van der Waals surface area contributed by atoms with Gasteiger partial charge < -0.3 is 10.1 Å². The molecule has 0 spiro atoms. The lowest BCUT2D eigenvalue weighted by Crippen LogP contribution is -2.00. The Kier molecular flexibility index (Phi) is 3.12. The third-order valence-corrected chi connectivity index (χ3v) is 2.11. The lowest BCUT2D eigenvalue weighted by molar-refractivity contribution is 0.410. The summed E-state index contributed by atoms with van der Waals surface area (Å²) in [5.74, 6) is 0.421. The van der Waals surface area contributed by atoms with Crippen molar-refractivity contribution in [3.05, 3.63) is 29.1 Å². The number of hydrogen-bond donors (Lipinski definition) is 1. The highest BCUT2D eigenvalue weighted by Gasteiger charge is 2.15. The van der Waals surface area contributed by atoms with E-state index in [0.717, 1.165) is 17.7 Å². The van der Waals surface area contributed by atoms with Gasteiger partial charge in [0.15, 0.2) is 0 Å². The predicted molar refractivity (Wildman–Crippen MR) is 50.7 cm³/mol. The first-order valence-electron chi connectivity index (χ1n) is 3.87. The molecule has 0 aromatic heterocycles. The first kappa shape index (κ1) is 10.3. The molecule has 0 saturated heterocycles. The van der Waals surface area contributed by atoms with Gasteiger partial charge in [-0.15, -0.1) is 12.4 Å². The highest BCUT2D eigenvalue weighted by atomic mass is 35.5. The number of ether oxygens (including phenoxy) is 1. The molecule has 1 aromatic rings. The van der Waals surface area contributed by atoms with E-state index in [1.807, 2.05) is 6.07 Å². The van der Waals surface area contributed by atoms with Gasteiger partial charge in [-0.3, -0.25) is 0 Å². The van der Waals surface area contributed by atoms with Gasteiger partial charge in [-0.25, -0.2) is 4.39 Å². The van der Waals surface area contributed by atoms with Crippen LogP contribution in [0.1, 0.15) is 11.1 Å². The minimum Gasteiger partial charge on any atom is -0.497 e. The second-order valence-electron chi connectivity index (χ2n) is 2.85. The highest BCUT2D eigenvalue weighted by Crippen LogP contribution is 2.24. The zero-order valence-electron chi connectivity index (χ0n) is 7.26. The zero-order valence-corrected chi connectivity index (χ0v) is 8.08. The zero-order chi connectivity index (χ0) is 8.55. The molecule has 2 rings (SSSR count). The molecule has 2 nitrogen and oxygen atoms in total. The smallest absolute Gasteiger partial charge is 0.131 e. The van der Waals surface area contributed by atoms with E-state index in [1.54, 1.807) is 7.11 Å². The fraction of sp³-hybridized carbons (Fsp3) is 0.333. The van der Waals surface area contributed by atoms with Gasteiger partial charge >= 0.3 is 0 Å². The monoisotopic (exact) mass is 203 g/mol. The Labute approximate surface area is 82.5 Å². The largest absolute Gasteiger partial charge is 0.497 e. The molecule has 0 aliphatic carbocycles. The van der Waals surface area contributed by atoms with Crippen molar-refractivity contribution in [1.29, 1.82) is 0 Å². The number of benzene rings is 1. The molecule has 1 aliphatic heterocycles. The number of hydrogen-bond acceptors (Lipinski definition) is 2. The van der Waals surface area contributed by atoms with Crippen molar-refractivity contribution in [2.75, 3.05) is 7.11 Å². The predicted octanol–water partition coefficient (Wildman–Crippen LogP) is 1.86. The third-order valence-electron chi connectivity index (χ3n) is 2.11. The van der Waals surface area contributed by atoms with Crippen molar-refractivity contribution < 1.29 is 9.13 Å². The van der Waals surface area contributed by atoms with Gasteiger partial charge in [0.05, 0.1) is 7.11 Å². The van der Waals surface area contributed by atoms with E-state index >= 15 is 0 Å². The van der Waals surface area contributed by atoms with Crippen LogP contribution in [0.15, 0.2) is 12.1 Å². The normalized spacial score (nSPS) is 13.4. The van der Waals surface area contributed by atoms with Crippen LogP contribution < -0.4 is 10.1 Å². The van der Waals surface area contributed by atoms with Crippen LogP contribution in [0.5, 0.6) is 5.75 Å². The second-order valence-corrected chi connectivity index (χ2v) is 2.85. The summed E-state index contributed by atoms with van der Waals surface area (Å²) in [5.41, 5.74) is 1.78. The molecule has 0 amide bonds. The molecule has 0 saturated carbocycles. The summed E-state index contributed by atoms with van der Waals surface area (Å²) in [4.78, 5) is 0. The van der Waals surface area contributed by atoms with E-state index in [2.05, 4.69) is 5.32 Å². The molecule has 0 radical (unpaired) electrons. The molecule has 0 atom stereocenters. The van der Waals surface area contributed by atoms with E-state index < -0.39 is 0 Å². The molecular formula is C9H11ClFNO. The van der Waals surface area contributed by atoms with E-state index in [9.17, 15) is 4.39 Å². The molecule has 4 heteroatoms. The minimum atomic E-state index is -0.172. The maximum atomic E-state index is 13.2. The quantitative estimate of drug-likeness (QED) is 0.753. The molecule has 1 heterocycles. The van der Waals surface area contributed by atoms with Crippen LogP contribution >= 0.6 is 12.4 Å². The molecule has 0 fully saturated rings. The van der Waals surface area contributed by atoms with Gasteiger partial charge in [-0.05, 0) is 11.6 Å². The van der Waals surface area contributed by atoms with Gasteiger partial charge in [0.1, 0.15) is 11.6 Å². The fourth-order valence-electron chi connectivity index (χ4n) is 1.46. The second kappa shape index (κ2) is 3.94. The van der Waals surface area contributed by atoms with Crippen molar-refractivity contribution in [1.82, 2.24) is 5.32 Å². The maximum Gasteiger partial charge on any atom is 0.131 e. The van der Waals surface area contributed by atoms with Crippen molar-refractivity contribution >= 4 is 12.4 Å². The van der Waals surface area contributed by atoms with Crippen molar-refractivity contribution in [2.24, 2.45) is 0 Å². The number of halogens is 2. The average molecular weight is 204 g/mol. The summed E-state index contributed by atoms with van der Waals surface area (Å²) in [6, 6.07) is 3.30. The van der Waals surface area contributed by atoms with E-state index in [1.165, 1.54) is 6.07 Å². The Bertz CT molecular complexity index is 317. The molecule has 72 valence electrons. The summed E-state index contributed by atoms with van der Waals surface area (Å²) in [6.07, 6.45) is 0. The van der Waals surface area contributed by atoms with Crippen LogP contribution in [-0.4, -0.2) is 7.11 Å². The van der Waals surface area contributed by atoms with Crippen molar-refractivity contribution in [2.45, 2.75) is 13.1 Å². The summed E-state index contributed by atoms with van der Waals surface area (Å²) < 4.78 is 18.2. The summed E-state index contributed by atoms with van der Waals surface area (Å²) >= 11 is 0. The minimum absolute atomic E-state index is 0. The maximum absolute atomic E-state index is 13.2. The molecule has 1 aliphatic rings. The van der Waals surface area contributed by atoms with Gasteiger partial charge in [0.25, 0.3) is 0 Å². The highest BCUT2D eigenvalue weighted by molar-refractivity contribution is 5.85. The summed E-state index contributed by atoms with van der Waals surface area (Å²) in [7, 11) is 1.55. The number of fused-ring (bicyclic) bond motifs is 1. The Morgan fingerprint density at radius 1 is 1.38 bits per heavy atom. The van der Waals surface area contributed by atoms with Gasteiger partial charge in [0, 0.05) is 24.7 Å². The van der Waals surface area contributed by atoms with E-state index in [0.29, 0.717) is 12.3 Å². The topological polar surface area (TPSA) is 21.3 Å². The van der Waals surface area contributed by atoms with E-state index in [-0.39, 0.29) is 18.2 Å². The third kappa shape index (κ3) is 1.76. The molecule has 0 bridgehead atoms. The lowest BCUT2D eigenvalue weighted by Gasteiger charge is -2.03. The Hall–Kier alpha value is -0.800. The van der Waals surface area contributed by atoms with Gasteiger partial charge in [-0.1, -0.05) is 0 Å². The first-order chi connectivity index (χ1) is 5.81. The van der Waals surface area contributed by atoms with Crippen molar-refractivity contribution in [3.8, 4) is 5.75 Å². The molecule has 0 unspecified atom stereocenters. The SMILES string of the molecule is COc1cc(F)c2c(c1)CNC2.Cl. The number of methoxy groups -OCH3 is 1. The summed E-state index contributed by atoms with van der Waals surface area (Å²) in [6.45, 7) is 1.37. The Morgan fingerprint density at radius 3 is 2.85 bits per heavy atom. The standard InChI is InChI=1S/C9H10FNO.ClH/c1-12-7-2-6-4-11-5-8(6)9(10)3-7;/h2-3,11H,4-5H2,1H3;1H. The van der Waals surface area contributed by atoms with Crippen LogP contribution in [0.4, 0.5) is 4.39 Å². The van der Waals surface area contributed by atoms with Crippen LogP contribution in [-0.2, 0) is 13.1 Å². The van der Waals surface area contributed by atoms with Crippen LogP contribution in [0, 0.1) is 5.82 Å². The fourth-order valence-corrected chi connectivity index (χ4v) is 1.46. The van der Waals surface area contributed by atoms with Gasteiger partial charge in [-0.2, -0.15) is 0 Å².